The van der Waals surface area contributed by atoms with Crippen molar-refractivity contribution in [3.63, 3.8) is 0 Å². The van der Waals surface area contributed by atoms with Gasteiger partial charge < -0.3 is 4.42 Å². The van der Waals surface area contributed by atoms with Crippen molar-refractivity contribution >= 4 is 16.6 Å². The van der Waals surface area contributed by atoms with Crippen molar-refractivity contribution in [3.05, 3.63) is 63.2 Å². The van der Waals surface area contributed by atoms with Crippen LogP contribution in [0.5, 0.6) is 0 Å². The molecule has 3 rings (SSSR count). The molecule has 0 bridgehead atoms. The molecule has 0 saturated carbocycles. The largest absolute Gasteiger partial charge is 0.420 e. The summed E-state index contributed by atoms with van der Waals surface area (Å²) in [6.07, 6.45) is 0. The Balaban J connectivity index is 2.79. The summed E-state index contributed by atoms with van der Waals surface area (Å²) in [6.45, 7) is 0. The van der Waals surface area contributed by atoms with Crippen LogP contribution in [0.2, 0.25) is 0 Å². The Morgan fingerprint density at radius 1 is 0.875 bits per heavy atom. The van der Waals surface area contributed by atoms with Gasteiger partial charge >= 0.3 is 5.63 Å². The topological polar surface area (TPSA) is 51.7 Å². The molecule has 4 heteroatoms. The molecule has 3 aromatic rings. The van der Waals surface area contributed by atoms with E-state index in [2.05, 4.69) is 0 Å². The number of rotatable bonds is 0. The summed E-state index contributed by atoms with van der Waals surface area (Å²) in [7, 11) is 0. The Morgan fingerprint density at radius 2 is 1.62 bits per heavy atom. The van der Waals surface area contributed by atoms with Gasteiger partial charge in [0.2, 0.25) is 0 Å². The number of benzene rings is 1. The lowest BCUT2D eigenvalue weighted by molar-refractivity contribution is 0.561. The fraction of sp³-hybridized carbons (Fsp3) is 0. The van der Waals surface area contributed by atoms with Crippen molar-refractivity contribution in [1.82, 2.24) is 4.40 Å². The molecule has 2 aromatic heterocycles. The maximum absolute atomic E-state index is 11.7. The molecule has 78 valence electrons. The van der Waals surface area contributed by atoms with E-state index in [1.807, 2.05) is 0 Å². The Morgan fingerprint density at radius 3 is 2.50 bits per heavy atom. The number of nitrogens with zero attached hydrogens (tertiary/aromatic N) is 1. The molecule has 0 N–H and O–H groups in total. The quantitative estimate of drug-likeness (QED) is 0.530. The molecule has 0 aliphatic rings. The van der Waals surface area contributed by atoms with E-state index in [1.54, 1.807) is 36.4 Å². The van der Waals surface area contributed by atoms with Crippen molar-refractivity contribution in [2.75, 3.05) is 0 Å². The number of pyridine rings is 1. The van der Waals surface area contributed by atoms with E-state index in [-0.39, 0.29) is 11.1 Å². The molecule has 4 nitrogen and oxygen atoms in total. The predicted octanol–water partition coefficient (Wildman–Crippen LogP) is 1.41. The van der Waals surface area contributed by atoms with Crippen LogP contribution in [0.4, 0.5) is 0 Å². The first-order valence-corrected chi connectivity index (χ1v) is 4.81. The average Bonchev–Trinajstić information content (AvgIpc) is 2.30. The lowest BCUT2D eigenvalue weighted by atomic mass is 10.3. The van der Waals surface area contributed by atoms with Crippen molar-refractivity contribution in [2.45, 2.75) is 0 Å². The summed E-state index contributed by atoms with van der Waals surface area (Å²) < 4.78 is 6.48. The summed E-state index contributed by atoms with van der Waals surface area (Å²) in [5.74, 6) is 0. The second-order valence-corrected chi connectivity index (χ2v) is 3.44. The van der Waals surface area contributed by atoms with E-state index in [1.165, 1.54) is 10.5 Å². The molecule has 0 unspecified atom stereocenters. The number of para-hydroxylation sites is 2. The fourth-order valence-corrected chi connectivity index (χ4v) is 1.78. The molecule has 0 radical (unpaired) electrons. The van der Waals surface area contributed by atoms with Crippen molar-refractivity contribution < 1.29 is 4.42 Å². The van der Waals surface area contributed by atoms with Crippen LogP contribution in [0, 0.1) is 0 Å². The zero-order chi connectivity index (χ0) is 11.1. The average molecular weight is 213 g/mol. The highest BCUT2D eigenvalue weighted by molar-refractivity contribution is 5.75. The maximum Gasteiger partial charge on any atom is 0.360 e. The molecule has 0 aliphatic carbocycles. The Bertz CT molecular complexity index is 796. The minimum Gasteiger partial charge on any atom is -0.420 e. The van der Waals surface area contributed by atoms with Crippen LogP contribution in [0.15, 0.2) is 56.5 Å². The molecule has 0 amide bonds. The third kappa shape index (κ3) is 1.10. The summed E-state index contributed by atoms with van der Waals surface area (Å²) in [6, 6.07) is 11.5. The molecule has 0 aliphatic heterocycles. The van der Waals surface area contributed by atoms with E-state index in [9.17, 15) is 9.59 Å². The van der Waals surface area contributed by atoms with Crippen LogP contribution in [0.1, 0.15) is 0 Å². The zero-order valence-electron chi connectivity index (χ0n) is 8.21. The van der Waals surface area contributed by atoms with Crippen molar-refractivity contribution in [2.24, 2.45) is 0 Å². The third-order valence-electron chi connectivity index (χ3n) is 2.47. The normalized spacial score (nSPS) is 11.0. The van der Waals surface area contributed by atoms with E-state index >= 15 is 0 Å². The Labute approximate surface area is 89.4 Å². The van der Waals surface area contributed by atoms with E-state index in [0.717, 1.165) is 0 Å². The molecule has 0 fully saturated rings. The molecular formula is C12H7NO3. The van der Waals surface area contributed by atoms with Gasteiger partial charge in [-0.05, 0) is 18.2 Å². The second kappa shape index (κ2) is 3.06. The summed E-state index contributed by atoms with van der Waals surface area (Å²) >= 11 is 0. The van der Waals surface area contributed by atoms with Gasteiger partial charge in [0.25, 0.3) is 5.56 Å². The van der Waals surface area contributed by atoms with Crippen LogP contribution in [0.25, 0.3) is 16.6 Å². The Kier molecular flexibility index (Phi) is 1.71. The molecule has 1 aromatic carbocycles. The molecule has 16 heavy (non-hydrogen) atoms. The van der Waals surface area contributed by atoms with Gasteiger partial charge in [0, 0.05) is 6.07 Å². The van der Waals surface area contributed by atoms with Gasteiger partial charge in [-0.1, -0.05) is 18.2 Å². The second-order valence-electron chi connectivity index (χ2n) is 3.44. The highest BCUT2D eigenvalue weighted by Crippen LogP contribution is 2.11. The number of aromatic nitrogens is 1. The summed E-state index contributed by atoms with van der Waals surface area (Å²) in [4.78, 5) is 23.3. The maximum atomic E-state index is 11.7. The van der Waals surface area contributed by atoms with E-state index < -0.39 is 5.63 Å². The van der Waals surface area contributed by atoms with Gasteiger partial charge in [-0.2, -0.15) is 0 Å². The van der Waals surface area contributed by atoms with Gasteiger partial charge in [0.1, 0.15) is 5.52 Å². The van der Waals surface area contributed by atoms with Gasteiger partial charge in [0.15, 0.2) is 5.58 Å². The minimum absolute atomic E-state index is 0.235. The highest BCUT2D eigenvalue weighted by atomic mass is 16.4. The molecule has 0 saturated heterocycles. The Hall–Kier alpha value is -2.36. The van der Waals surface area contributed by atoms with Crippen molar-refractivity contribution in [3.8, 4) is 0 Å². The van der Waals surface area contributed by atoms with Gasteiger partial charge in [-0.25, -0.2) is 4.79 Å². The lowest BCUT2D eigenvalue weighted by Crippen LogP contribution is -2.18. The first-order chi connectivity index (χ1) is 7.77. The third-order valence-corrected chi connectivity index (χ3v) is 2.47. The summed E-state index contributed by atoms with van der Waals surface area (Å²) in [5, 5.41) is 0. The first kappa shape index (κ1) is 8.91. The number of hydrogen-bond donors (Lipinski definition) is 0. The standard InChI is InChI=1S/C12H7NO3/c14-11-7-3-5-9-12(15)16-10-6-2-1-4-8(10)13(9)11/h1-7H. The predicted molar refractivity (Wildman–Crippen MR) is 59.7 cm³/mol. The molecule has 2 heterocycles. The first-order valence-electron chi connectivity index (χ1n) is 4.81. The summed E-state index contributed by atoms with van der Waals surface area (Å²) in [5.41, 5.74) is 0.528. The SMILES string of the molecule is O=c1oc2ccccc2n2c(=O)cccc12. The van der Waals surface area contributed by atoms with E-state index in [0.29, 0.717) is 11.1 Å². The van der Waals surface area contributed by atoms with Gasteiger partial charge in [-0.15, -0.1) is 0 Å². The molecule has 0 atom stereocenters. The smallest absolute Gasteiger partial charge is 0.360 e. The van der Waals surface area contributed by atoms with Gasteiger partial charge in [-0.3, -0.25) is 9.20 Å². The van der Waals surface area contributed by atoms with Crippen LogP contribution in [-0.2, 0) is 0 Å². The minimum atomic E-state index is -0.503. The number of fused-ring (bicyclic) bond motifs is 3. The van der Waals surface area contributed by atoms with E-state index in [4.69, 9.17) is 4.42 Å². The van der Waals surface area contributed by atoms with Crippen LogP contribution < -0.4 is 11.2 Å². The lowest BCUT2D eigenvalue weighted by Gasteiger charge is -2.02. The highest BCUT2D eigenvalue weighted by Gasteiger charge is 2.06. The number of hydrogen-bond acceptors (Lipinski definition) is 3. The van der Waals surface area contributed by atoms with Crippen molar-refractivity contribution in [1.29, 1.82) is 0 Å². The fourth-order valence-electron chi connectivity index (χ4n) is 1.78. The molecular weight excluding hydrogens is 206 g/mol. The van der Waals surface area contributed by atoms with Gasteiger partial charge in [0.05, 0.1) is 5.52 Å². The van der Waals surface area contributed by atoms with Crippen LogP contribution in [-0.4, -0.2) is 4.40 Å². The zero-order valence-corrected chi connectivity index (χ0v) is 8.21. The molecule has 0 spiro atoms. The monoisotopic (exact) mass is 213 g/mol. The van der Waals surface area contributed by atoms with Crippen LogP contribution >= 0.6 is 0 Å². The van der Waals surface area contributed by atoms with Crippen LogP contribution in [0.3, 0.4) is 0 Å².